The second kappa shape index (κ2) is 14.5. The highest BCUT2D eigenvalue weighted by Crippen LogP contribution is 2.48. The summed E-state index contributed by atoms with van der Waals surface area (Å²) in [5.41, 5.74) is 14.3. The smallest absolute Gasteiger partial charge is 0.0554 e. The average Bonchev–Trinajstić information content (AvgIpc) is 3.89. The summed E-state index contributed by atoms with van der Waals surface area (Å²) < 4.78 is 4.96. The van der Waals surface area contributed by atoms with Crippen LogP contribution in [0, 0.1) is 0 Å². The third-order valence-corrected chi connectivity index (χ3v) is 13.4. The second-order valence-corrected chi connectivity index (χ2v) is 16.7. The molecule has 0 atom stereocenters. The summed E-state index contributed by atoms with van der Waals surface area (Å²) in [5, 5.41) is 7.56. The zero-order valence-corrected chi connectivity index (χ0v) is 34.1. The number of hydrogen-bond acceptors (Lipinski definition) is 2. The quantitative estimate of drug-likeness (QED) is 0.156. The van der Waals surface area contributed by atoms with E-state index < -0.39 is 0 Å². The molecule has 0 radical (unpaired) electrons. The lowest BCUT2D eigenvalue weighted by molar-refractivity contribution is 1.17. The standard InChI is InChI=1S/C58H38N2S/c1-3-15-39(16-4-1)46-23-11-19-42-20-12-24-47(56(42)46)41-31-33-43(34-32-41)59(44-35-37-45(38-36-44)60-52-27-9-7-21-49(52)50-22-8-10-28-53(50)60)54-29-14-30-55-57(54)51-26-13-25-48(58(51)61-55)40-17-5-2-6-18-40/h1-38H. The number of rotatable bonds is 7. The Labute approximate surface area is 358 Å². The molecule has 0 spiro atoms. The largest absolute Gasteiger partial charge is 0.310 e. The van der Waals surface area contributed by atoms with Crippen molar-refractivity contribution in [1.29, 1.82) is 0 Å². The minimum atomic E-state index is 1.10. The molecule has 3 heteroatoms. The average molecular weight is 795 g/mol. The molecule has 2 nitrogen and oxygen atoms in total. The first-order valence-corrected chi connectivity index (χ1v) is 21.7. The first-order chi connectivity index (χ1) is 30.3. The van der Waals surface area contributed by atoms with Crippen LogP contribution in [0.25, 0.3) is 91.8 Å². The molecule has 12 aromatic rings. The highest BCUT2D eigenvalue weighted by Gasteiger charge is 2.21. The van der Waals surface area contributed by atoms with Crippen LogP contribution in [0.4, 0.5) is 17.1 Å². The van der Waals surface area contributed by atoms with Crippen molar-refractivity contribution >= 4 is 81.1 Å². The number of fused-ring (bicyclic) bond motifs is 7. The molecule has 12 rings (SSSR count). The van der Waals surface area contributed by atoms with Gasteiger partial charge in [-0.1, -0.05) is 170 Å². The van der Waals surface area contributed by atoms with Gasteiger partial charge in [0.2, 0.25) is 0 Å². The summed E-state index contributed by atoms with van der Waals surface area (Å²) in [6, 6.07) is 84.1. The van der Waals surface area contributed by atoms with Crippen molar-refractivity contribution in [3.63, 3.8) is 0 Å². The molecule has 2 aromatic heterocycles. The fourth-order valence-electron chi connectivity index (χ4n) is 9.47. The molecule has 61 heavy (non-hydrogen) atoms. The van der Waals surface area contributed by atoms with Crippen LogP contribution in [0.15, 0.2) is 231 Å². The van der Waals surface area contributed by atoms with E-state index in [2.05, 4.69) is 240 Å². The number of hydrogen-bond donors (Lipinski definition) is 0. The Hall–Kier alpha value is -7.72. The van der Waals surface area contributed by atoms with Crippen molar-refractivity contribution in [2.75, 3.05) is 4.90 Å². The van der Waals surface area contributed by atoms with Crippen molar-refractivity contribution in [1.82, 2.24) is 4.57 Å². The molecule has 10 aromatic carbocycles. The van der Waals surface area contributed by atoms with Crippen molar-refractivity contribution in [2.45, 2.75) is 0 Å². The predicted molar refractivity (Wildman–Crippen MR) is 262 cm³/mol. The third-order valence-electron chi connectivity index (χ3n) is 12.2. The number of benzene rings is 10. The molecule has 286 valence electrons. The van der Waals surface area contributed by atoms with Gasteiger partial charge in [-0.3, -0.25) is 0 Å². The summed E-state index contributed by atoms with van der Waals surface area (Å²) in [4.78, 5) is 2.45. The SMILES string of the molecule is c1ccc(-c2cccc3c2sc2cccc(N(c4ccc(-c5cccc6cccc(-c7ccccc7)c56)cc4)c4ccc(-n5c6ccccc6c6ccccc65)cc4)c23)cc1. The molecule has 0 fully saturated rings. The molecule has 0 aliphatic rings. The Kier molecular flexibility index (Phi) is 8.39. The molecule has 0 saturated carbocycles. The van der Waals surface area contributed by atoms with E-state index in [0.717, 1.165) is 22.7 Å². The summed E-state index contributed by atoms with van der Waals surface area (Å²) in [6.07, 6.45) is 0. The van der Waals surface area contributed by atoms with Crippen LogP contribution in [0.1, 0.15) is 0 Å². The van der Waals surface area contributed by atoms with E-state index in [4.69, 9.17) is 0 Å². The zero-order chi connectivity index (χ0) is 40.3. The van der Waals surface area contributed by atoms with Crippen molar-refractivity contribution < 1.29 is 0 Å². The van der Waals surface area contributed by atoms with Gasteiger partial charge in [0, 0.05) is 48.0 Å². The van der Waals surface area contributed by atoms with E-state index >= 15 is 0 Å². The van der Waals surface area contributed by atoms with Crippen molar-refractivity contribution in [3.05, 3.63) is 231 Å². The second-order valence-electron chi connectivity index (χ2n) is 15.6. The van der Waals surface area contributed by atoms with E-state index in [1.807, 2.05) is 11.3 Å². The highest BCUT2D eigenvalue weighted by atomic mass is 32.1. The van der Waals surface area contributed by atoms with Gasteiger partial charge >= 0.3 is 0 Å². The molecule has 0 saturated heterocycles. The molecule has 2 heterocycles. The molecule has 0 aliphatic carbocycles. The highest BCUT2D eigenvalue weighted by molar-refractivity contribution is 7.26. The van der Waals surface area contributed by atoms with Crippen LogP contribution in [-0.4, -0.2) is 4.57 Å². The summed E-state index contributed by atoms with van der Waals surface area (Å²) in [6.45, 7) is 0. The van der Waals surface area contributed by atoms with Gasteiger partial charge in [-0.2, -0.15) is 0 Å². The van der Waals surface area contributed by atoms with Gasteiger partial charge in [0.25, 0.3) is 0 Å². The minimum absolute atomic E-state index is 1.10. The maximum Gasteiger partial charge on any atom is 0.0554 e. The number of aromatic nitrogens is 1. The number of nitrogens with zero attached hydrogens (tertiary/aromatic N) is 2. The van der Waals surface area contributed by atoms with Crippen LogP contribution >= 0.6 is 11.3 Å². The Morgan fingerprint density at radius 1 is 0.344 bits per heavy atom. The van der Waals surface area contributed by atoms with Gasteiger partial charge in [0.1, 0.15) is 0 Å². The number of thiophene rings is 1. The summed E-state index contributed by atoms with van der Waals surface area (Å²) >= 11 is 1.88. The maximum absolute atomic E-state index is 2.45. The number of anilines is 3. The monoisotopic (exact) mass is 794 g/mol. The molecular weight excluding hydrogens is 757 g/mol. The van der Waals surface area contributed by atoms with E-state index in [1.54, 1.807) is 0 Å². The minimum Gasteiger partial charge on any atom is -0.310 e. The van der Waals surface area contributed by atoms with Crippen LogP contribution in [0.2, 0.25) is 0 Å². The van der Waals surface area contributed by atoms with Gasteiger partial charge in [-0.15, -0.1) is 11.3 Å². The fourth-order valence-corrected chi connectivity index (χ4v) is 10.7. The summed E-state index contributed by atoms with van der Waals surface area (Å²) in [5.74, 6) is 0. The number of para-hydroxylation sites is 2. The van der Waals surface area contributed by atoms with E-state index in [9.17, 15) is 0 Å². The van der Waals surface area contributed by atoms with E-state index in [1.165, 1.54) is 86.1 Å². The van der Waals surface area contributed by atoms with Crippen molar-refractivity contribution in [2.24, 2.45) is 0 Å². The first kappa shape index (κ1) is 35.2. The summed E-state index contributed by atoms with van der Waals surface area (Å²) in [7, 11) is 0. The van der Waals surface area contributed by atoms with Crippen LogP contribution in [-0.2, 0) is 0 Å². The Morgan fingerprint density at radius 3 is 1.48 bits per heavy atom. The van der Waals surface area contributed by atoms with E-state index in [0.29, 0.717) is 0 Å². The molecular formula is C58H38N2S. The maximum atomic E-state index is 2.45. The topological polar surface area (TPSA) is 8.17 Å². The Balaban J connectivity index is 1.04. The Morgan fingerprint density at radius 2 is 0.836 bits per heavy atom. The zero-order valence-electron chi connectivity index (χ0n) is 33.2. The normalized spacial score (nSPS) is 11.6. The van der Waals surface area contributed by atoms with Crippen LogP contribution < -0.4 is 4.90 Å². The predicted octanol–water partition coefficient (Wildman–Crippen LogP) is 16.8. The fraction of sp³-hybridized carbons (Fsp3) is 0. The molecule has 0 aliphatic heterocycles. The molecule has 0 unspecified atom stereocenters. The van der Waals surface area contributed by atoms with Gasteiger partial charge in [-0.25, -0.2) is 0 Å². The van der Waals surface area contributed by atoms with Crippen molar-refractivity contribution in [3.8, 4) is 39.1 Å². The van der Waals surface area contributed by atoms with E-state index in [-0.39, 0.29) is 0 Å². The van der Waals surface area contributed by atoms with Crippen LogP contribution in [0.5, 0.6) is 0 Å². The lowest BCUT2D eigenvalue weighted by Crippen LogP contribution is -2.10. The lowest BCUT2D eigenvalue weighted by Gasteiger charge is -2.27. The molecule has 0 bridgehead atoms. The third kappa shape index (κ3) is 5.85. The molecule has 0 N–H and O–H groups in total. The van der Waals surface area contributed by atoms with Gasteiger partial charge in [-0.05, 0) is 105 Å². The first-order valence-electron chi connectivity index (χ1n) is 20.8. The molecule has 0 amide bonds. The van der Waals surface area contributed by atoms with Gasteiger partial charge < -0.3 is 9.47 Å². The van der Waals surface area contributed by atoms with Gasteiger partial charge in [0.15, 0.2) is 0 Å². The Bertz CT molecular complexity index is 3510. The lowest BCUT2D eigenvalue weighted by atomic mass is 9.91. The van der Waals surface area contributed by atoms with Gasteiger partial charge in [0.05, 0.1) is 16.7 Å². The van der Waals surface area contributed by atoms with Crippen LogP contribution in [0.3, 0.4) is 0 Å².